The van der Waals surface area contributed by atoms with Gasteiger partial charge >= 0.3 is 0 Å². The van der Waals surface area contributed by atoms with Crippen LogP contribution in [-0.2, 0) is 0 Å². The van der Waals surface area contributed by atoms with E-state index < -0.39 is 0 Å². The summed E-state index contributed by atoms with van der Waals surface area (Å²) in [5.41, 5.74) is 1.18. The number of amides is 1. The standard InChI is InChI=1S/C15H19NOS/c17-15(16-11-5-2-6-12-16)18-13-7-10-14-8-3-1-4-9-14/h1,3-4,7-10H,2,5-6,11-13H2/b10-7+. The molecule has 0 bridgehead atoms. The fourth-order valence-electron chi connectivity index (χ4n) is 2.04. The van der Waals surface area contributed by atoms with Gasteiger partial charge in [-0.1, -0.05) is 54.2 Å². The Bertz CT molecular complexity index is 396. The zero-order valence-electron chi connectivity index (χ0n) is 10.5. The van der Waals surface area contributed by atoms with Gasteiger partial charge in [0.2, 0.25) is 0 Å². The summed E-state index contributed by atoms with van der Waals surface area (Å²) in [4.78, 5) is 13.8. The molecule has 1 aliphatic heterocycles. The zero-order valence-corrected chi connectivity index (χ0v) is 11.4. The molecular formula is C15H19NOS. The Morgan fingerprint density at radius 3 is 2.61 bits per heavy atom. The Morgan fingerprint density at radius 2 is 1.89 bits per heavy atom. The first-order chi connectivity index (χ1) is 8.86. The summed E-state index contributed by atoms with van der Waals surface area (Å²) in [6.45, 7) is 1.88. The highest BCUT2D eigenvalue weighted by atomic mass is 32.2. The molecule has 1 amide bonds. The summed E-state index contributed by atoms with van der Waals surface area (Å²) in [5.74, 6) is 0.754. The summed E-state index contributed by atoms with van der Waals surface area (Å²) in [6, 6.07) is 10.2. The number of benzene rings is 1. The maximum Gasteiger partial charge on any atom is 0.281 e. The SMILES string of the molecule is O=C(SC/C=C/c1ccccc1)N1CCCCC1. The Labute approximate surface area is 113 Å². The molecule has 18 heavy (non-hydrogen) atoms. The van der Waals surface area contributed by atoms with Gasteiger partial charge in [0.1, 0.15) is 0 Å². The molecule has 2 nitrogen and oxygen atoms in total. The molecule has 0 unspecified atom stereocenters. The molecule has 1 saturated heterocycles. The number of thioether (sulfide) groups is 1. The average molecular weight is 261 g/mol. The predicted molar refractivity (Wildman–Crippen MR) is 78.8 cm³/mol. The lowest BCUT2D eigenvalue weighted by atomic mass is 10.1. The van der Waals surface area contributed by atoms with Crippen LogP contribution in [0.3, 0.4) is 0 Å². The predicted octanol–water partition coefficient (Wildman–Crippen LogP) is 4.04. The Kier molecular flexibility index (Phi) is 5.34. The van der Waals surface area contributed by atoms with Crippen LogP contribution in [0.2, 0.25) is 0 Å². The second kappa shape index (κ2) is 7.27. The monoisotopic (exact) mass is 261 g/mol. The summed E-state index contributed by atoms with van der Waals surface area (Å²) in [6.07, 6.45) is 7.71. The van der Waals surface area contributed by atoms with Crippen molar-refractivity contribution in [2.75, 3.05) is 18.8 Å². The number of nitrogens with zero attached hydrogens (tertiary/aromatic N) is 1. The van der Waals surface area contributed by atoms with Crippen molar-refractivity contribution in [1.82, 2.24) is 4.90 Å². The molecule has 0 spiro atoms. The van der Waals surface area contributed by atoms with Crippen LogP contribution in [0.15, 0.2) is 36.4 Å². The first kappa shape index (κ1) is 13.2. The highest BCUT2D eigenvalue weighted by Crippen LogP contribution is 2.16. The molecule has 1 aromatic rings. The van der Waals surface area contributed by atoms with Crippen molar-refractivity contribution in [2.45, 2.75) is 19.3 Å². The fourth-order valence-corrected chi connectivity index (χ4v) is 2.74. The molecule has 0 atom stereocenters. The normalized spacial score (nSPS) is 16.1. The van der Waals surface area contributed by atoms with E-state index in [-0.39, 0.29) is 5.24 Å². The second-order valence-corrected chi connectivity index (χ2v) is 5.41. The van der Waals surface area contributed by atoms with Crippen molar-refractivity contribution in [2.24, 2.45) is 0 Å². The van der Waals surface area contributed by atoms with Crippen molar-refractivity contribution in [3.05, 3.63) is 42.0 Å². The van der Waals surface area contributed by atoms with E-state index in [4.69, 9.17) is 0 Å². The van der Waals surface area contributed by atoms with E-state index in [1.807, 2.05) is 23.1 Å². The van der Waals surface area contributed by atoms with E-state index in [0.29, 0.717) is 0 Å². The van der Waals surface area contributed by atoms with E-state index in [2.05, 4.69) is 24.3 Å². The molecule has 3 heteroatoms. The lowest BCUT2D eigenvalue weighted by molar-refractivity contribution is 0.211. The van der Waals surface area contributed by atoms with Gasteiger partial charge in [-0.05, 0) is 24.8 Å². The van der Waals surface area contributed by atoms with Crippen LogP contribution in [0.4, 0.5) is 4.79 Å². The number of rotatable bonds is 3. The first-order valence-electron chi connectivity index (χ1n) is 6.49. The molecule has 1 heterocycles. The third kappa shape index (κ3) is 4.22. The van der Waals surface area contributed by atoms with Crippen LogP contribution in [0, 0.1) is 0 Å². The van der Waals surface area contributed by atoms with Crippen LogP contribution >= 0.6 is 11.8 Å². The van der Waals surface area contributed by atoms with Gasteiger partial charge in [0.25, 0.3) is 5.24 Å². The molecule has 96 valence electrons. The summed E-state index contributed by atoms with van der Waals surface area (Å²) in [7, 11) is 0. The molecule has 1 aliphatic rings. The van der Waals surface area contributed by atoms with E-state index in [9.17, 15) is 4.79 Å². The number of likely N-dealkylation sites (tertiary alicyclic amines) is 1. The molecule has 0 saturated carbocycles. The topological polar surface area (TPSA) is 20.3 Å². The quantitative estimate of drug-likeness (QED) is 0.818. The molecule has 0 aliphatic carbocycles. The molecule has 2 rings (SSSR count). The van der Waals surface area contributed by atoms with Crippen molar-refractivity contribution in [1.29, 1.82) is 0 Å². The van der Waals surface area contributed by atoms with Gasteiger partial charge in [-0.2, -0.15) is 0 Å². The minimum Gasteiger partial charge on any atom is -0.334 e. The first-order valence-corrected chi connectivity index (χ1v) is 7.48. The molecule has 0 aromatic heterocycles. The number of carbonyl (C=O) groups excluding carboxylic acids is 1. The van der Waals surface area contributed by atoms with Crippen molar-refractivity contribution < 1.29 is 4.79 Å². The van der Waals surface area contributed by atoms with Crippen LogP contribution in [0.1, 0.15) is 24.8 Å². The van der Waals surface area contributed by atoms with E-state index in [1.54, 1.807) is 0 Å². The Hall–Kier alpha value is -1.22. The maximum absolute atomic E-state index is 11.9. The minimum atomic E-state index is 0.229. The number of hydrogen-bond acceptors (Lipinski definition) is 2. The van der Waals surface area contributed by atoms with Gasteiger partial charge in [0, 0.05) is 18.8 Å². The summed E-state index contributed by atoms with van der Waals surface area (Å²) >= 11 is 1.40. The third-order valence-electron chi connectivity index (χ3n) is 3.03. The van der Waals surface area contributed by atoms with Gasteiger partial charge in [0.15, 0.2) is 0 Å². The van der Waals surface area contributed by atoms with Gasteiger partial charge in [0.05, 0.1) is 0 Å². The zero-order chi connectivity index (χ0) is 12.6. The number of hydrogen-bond donors (Lipinski definition) is 0. The molecule has 0 N–H and O–H groups in total. The van der Waals surface area contributed by atoms with Gasteiger partial charge < -0.3 is 4.90 Å². The van der Waals surface area contributed by atoms with Crippen LogP contribution in [0.5, 0.6) is 0 Å². The second-order valence-electron chi connectivity index (χ2n) is 4.44. The Morgan fingerprint density at radius 1 is 1.17 bits per heavy atom. The van der Waals surface area contributed by atoms with E-state index >= 15 is 0 Å². The van der Waals surface area contributed by atoms with E-state index in [1.165, 1.54) is 23.7 Å². The molecule has 1 aromatic carbocycles. The summed E-state index contributed by atoms with van der Waals surface area (Å²) in [5, 5.41) is 0.229. The molecule has 0 radical (unpaired) electrons. The lowest BCUT2D eigenvalue weighted by Gasteiger charge is -2.25. The lowest BCUT2D eigenvalue weighted by Crippen LogP contribution is -2.32. The largest absolute Gasteiger partial charge is 0.334 e. The molecule has 1 fully saturated rings. The number of carbonyl (C=O) groups is 1. The fraction of sp³-hybridized carbons (Fsp3) is 0.400. The smallest absolute Gasteiger partial charge is 0.281 e. The minimum absolute atomic E-state index is 0.229. The van der Waals surface area contributed by atoms with Crippen LogP contribution in [0.25, 0.3) is 6.08 Å². The van der Waals surface area contributed by atoms with Gasteiger partial charge in [-0.3, -0.25) is 4.79 Å². The van der Waals surface area contributed by atoms with Crippen LogP contribution in [-0.4, -0.2) is 29.0 Å². The van der Waals surface area contributed by atoms with Gasteiger partial charge in [-0.25, -0.2) is 0 Å². The van der Waals surface area contributed by atoms with Crippen molar-refractivity contribution in [3.63, 3.8) is 0 Å². The van der Waals surface area contributed by atoms with Gasteiger partial charge in [-0.15, -0.1) is 0 Å². The Balaban J connectivity index is 1.71. The van der Waals surface area contributed by atoms with Crippen molar-refractivity contribution >= 4 is 23.1 Å². The summed E-state index contributed by atoms with van der Waals surface area (Å²) < 4.78 is 0. The van der Waals surface area contributed by atoms with Crippen molar-refractivity contribution in [3.8, 4) is 0 Å². The third-order valence-corrected chi connectivity index (χ3v) is 3.89. The maximum atomic E-state index is 11.9. The molecular weight excluding hydrogens is 242 g/mol. The highest BCUT2D eigenvalue weighted by molar-refractivity contribution is 8.13. The highest BCUT2D eigenvalue weighted by Gasteiger charge is 2.15. The number of piperidine rings is 1. The van der Waals surface area contributed by atoms with E-state index in [0.717, 1.165) is 31.7 Å². The van der Waals surface area contributed by atoms with Crippen LogP contribution < -0.4 is 0 Å². The average Bonchev–Trinajstić information content (AvgIpc) is 2.45.